The Morgan fingerprint density at radius 2 is 0.773 bits per heavy atom. The van der Waals surface area contributed by atoms with Gasteiger partial charge in [0.05, 0.1) is 33.8 Å². The van der Waals surface area contributed by atoms with Crippen molar-refractivity contribution in [2.24, 2.45) is 0 Å². The van der Waals surface area contributed by atoms with Gasteiger partial charge in [-0.1, -0.05) is 48.5 Å². The topological polar surface area (TPSA) is 103 Å². The van der Waals surface area contributed by atoms with E-state index in [2.05, 4.69) is 9.97 Å². The Morgan fingerprint density at radius 3 is 1.23 bits per heavy atom. The summed E-state index contributed by atoms with van der Waals surface area (Å²) in [7, 11) is 0. The molecule has 8 nitrogen and oxygen atoms in total. The number of benzene rings is 2. The maximum atomic E-state index is 4.97. The fourth-order valence-electron chi connectivity index (χ4n) is 5.25. The smallest absolute Gasteiger partial charge is 0.179 e. The summed E-state index contributed by atoms with van der Waals surface area (Å²) >= 11 is 0. The van der Waals surface area contributed by atoms with Gasteiger partial charge < -0.3 is 0 Å². The van der Waals surface area contributed by atoms with Gasteiger partial charge in [0.2, 0.25) is 0 Å². The number of aromatic nitrogens is 8. The SMILES string of the molecule is c1ccc(-c2nc(-c3ccnc(-c4cc(-c5nc(-c6ccccn6)nc6ccccc56)ccn4)c3)c3ccccc3n2)nc1. The highest BCUT2D eigenvalue weighted by Crippen LogP contribution is 2.33. The molecule has 6 aromatic heterocycles. The number of rotatable bonds is 5. The first-order chi connectivity index (χ1) is 21.8. The normalized spacial score (nSPS) is 11.2. The van der Waals surface area contributed by atoms with Gasteiger partial charge in [-0.05, 0) is 60.7 Å². The van der Waals surface area contributed by atoms with Gasteiger partial charge in [0.1, 0.15) is 11.4 Å². The Bertz CT molecular complexity index is 2130. The average Bonchev–Trinajstić information content (AvgIpc) is 3.11. The summed E-state index contributed by atoms with van der Waals surface area (Å²) in [6.45, 7) is 0. The number of nitrogens with zero attached hydrogens (tertiary/aromatic N) is 8. The minimum Gasteiger partial charge on any atom is -0.255 e. The zero-order chi connectivity index (χ0) is 29.3. The number of para-hydroxylation sites is 2. The van der Waals surface area contributed by atoms with Crippen LogP contribution in [0.3, 0.4) is 0 Å². The maximum absolute atomic E-state index is 4.97. The largest absolute Gasteiger partial charge is 0.255 e. The molecular weight excluding hydrogens is 544 g/mol. The molecule has 0 N–H and O–H groups in total. The van der Waals surface area contributed by atoms with E-state index in [0.717, 1.165) is 55.7 Å². The lowest BCUT2D eigenvalue weighted by molar-refractivity contribution is 1.17. The van der Waals surface area contributed by atoms with Gasteiger partial charge >= 0.3 is 0 Å². The molecule has 0 atom stereocenters. The van der Waals surface area contributed by atoms with Crippen molar-refractivity contribution in [1.29, 1.82) is 0 Å². The molecule has 0 bridgehead atoms. The first-order valence-electron chi connectivity index (χ1n) is 14.1. The zero-order valence-corrected chi connectivity index (χ0v) is 23.3. The minimum absolute atomic E-state index is 0.567. The Morgan fingerprint density at radius 1 is 0.341 bits per heavy atom. The van der Waals surface area contributed by atoms with Gasteiger partial charge in [-0.15, -0.1) is 0 Å². The highest BCUT2D eigenvalue weighted by Gasteiger charge is 2.16. The highest BCUT2D eigenvalue weighted by molar-refractivity contribution is 5.95. The van der Waals surface area contributed by atoms with Gasteiger partial charge in [-0.3, -0.25) is 19.9 Å². The Labute approximate surface area is 252 Å². The number of hydrogen-bond donors (Lipinski definition) is 0. The monoisotopic (exact) mass is 566 g/mol. The van der Waals surface area contributed by atoms with Crippen molar-refractivity contribution in [3.8, 4) is 56.9 Å². The van der Waals surface area contributed by atoms with Crippen molar-refractivity contribution in [2.75, 3.05) is 0 Å². The molecule has 206 valence electrons. The summed E-state index contributed by atoms with van der Waals surface area (Å²) in [5.41, 5.74) is 7.97. The third kappa shape index (κ3) is 4.70. The van der Waals surface area contributed by atoms with E-state index in [1.807, 2.05) is 109 Å². The Kier molecular flexibility index (Phi) is 6.27. The van der Waals surface area contributed by atoms with Crippen LogP contribution in [0.15, 0.2) is 134 Å². The third-order valence-corrected chi connectivity index (χ3v) is 7.32. The summed E-state index contributed by atoms with van der Waals surface area (Å²) in [5.74, 6) is 1.13. The molecular formula is C36H22N8. The van der Waals surface area contributed by atoms with Crippen LogP contribution in [-0.4, -0.2) is 39.9 Å². The maximum Gasteiger partial charge on any atom is 0.179 e. The highest BCUT2D eigenvalue weighted by atomic mass is 14.9. The first kappa shape index (κ1) is 25.4. The van der Waals surface area contributed by atoms with Gasteiger partial charge in [-0.25, -0.2) is 19.9 Å². The molecule has 0 radical (unpaired) electrons. The van der Waals surface area contributed by atoms with E-state index in [1.165, 1.54) is 0 Å². The summed E-state index contributed by atoms with van der Waals surface area (Å²) in [5, 5.41) is 1.89. The number of pyridine rings is 4. The third-order valence-electron chi connectivity index (χ3n) is 7.32. The van der Waals surface area contributed by atoms with Crippen LogP contribution in [-0.2, 0) is 0 Å². The molecule has 0 aliphatic rings. The van der Waals surface area contributed by atoms with E-state index in [1.54, 1.807) is 24.8 Å². The second-order valence-electron chi connectivity index (χ2n) is 10.1. The Balaban J connectivity index is 1.25. The van der Waals surface area contributed by atoms with Gasteiger partial charge in [-0.2, -0.15) is 0 Å². The molecule has 0 amide bonds. The van der Waals surface area contributed by atoms with Crippen LogP contribution in [0.25, 0.3) is 78.7 Å². The second kappa shape index (κ2) is 10.8. The fourth-order valence-corrected chi connectivity index (χ4v) is 5.25. The molecule has 0 saturated carbocycles. The molecule has 8 heteroatoms. The van der Waals surface area contributed by atoms with Crippen molar-refractivity contribution in [1.82, 2.24) is 39.9 Å². The first-order valence-corrected chi connectivity index (χ1v) is 14.1. The number of hydrogen-bond acceptors (Lipinski definition) is 8. The molecule has 2 aromatic carbocycles. The van der Waals surface area contributed by atoms with E-state index in [-0.39, 0.29) is 0 Å². The molecule has 44 heavy (non-hydrogen) atoms. The van der Waals surface area contributed by atoms with Gasteiger partial charge in [0, 0.05) is 46.7 Å². The lowest BCUT2D eigenvalue weighted by Crippen LogP contribution is -1.98. The van der Waals surface area contributed by atoms with E-state index in [9.17, 15) is 0 Å². The van der Waals surface area contributed by atoms with Crippen LogP contribution in [0.2, 0.25) is 0 Å². The zero-order valence-electron chi connectivity index (χ0n) is 23.3. The lowest BCUT2D eigenvalue weighted by atomic mass is 10.0. The van der Waals surface area contributed by atoms with Gasteiger partial charge in [0.15, 0.2) is 11.6 Å². The van der Waals surface area contributed by atoms with Crippen LogP contribution in [0.1, 0.15) is 0 Å². The van der Waals surface area contributed by atoms with E-state index >= 15 is 0 Å². The minimum atomic E-state index is 0.567. The molecule has 0 fully saturated rings. The second-order valence-corrected chi connectivity index (χ2v) is 10.1. The molecule has 6 heterocycles. The van der Waals surface area contributed by atoms with Crippen LogP contribution >= 0.6 is 0 Å². The van der Waals surface area contributed by atoms with Crippen molar-refractivity contribution in [3.05, 3.63) is 134 Å². The van der Waals surface area contributed by atoms with Crippen LogP contribution in [0.4, 0.5) is 0 Å². The van der Waals surface area contributed by atoms with Crippen LogP contribution in [0.5, 0.6) is 0 Å². The van der Waals surface area contributed by atoms with E-state index in [4.69, 9.17) is 29.9 Å². The van der Waals surface area contributed by atoms with Crippen LogP contribution < -0.4 is 0 Å². The average molecular weight is 567 g/mol. The van der Waals surface area contributed by atoms with Crippen molar-refractivity contribution < 1.29 is 0 Å². The van der Waals surface area contributed by atoms with Crippen molar-refractivity contribution >= 4 is 21.8 Å². The standard InChI is InChI=1S/C36H22N8/c1-3-11-27-25(9-1)33(43-35(41-27)29-13-5-7-17-37-29)23-15-19-39-31(21-23)32-22-24(16-20-40-32)34-26-10-2-4-12-28(26)42-36(44-34)30-14-6-8-18-38-30/h1-22H. The predicted octanol–water partition coefficient (Wildman–Crippen LogP) is 7.49. The van der Waals surface area contributed by atoms with E-state index < -0.39 is 0 Å². The molecule has 8 rings (SSSR count). The van der Waals surface area contributed by atoms with Crippen LogP contribution in [0, 0.1) is 0 Å². The molecule has 8 aromatic rings. The summed E-state index contributed by atoms with van der Waals surface area (Å²) in [6.07, 6.45) is 7.07. The fraction of sp³-hybridized carbons (Fsp3) is 0. The van der Waals surface area contributed by atoms with Gasteiger partial charge in [0.25, 0.3) is 0 Å². The molecule has 0 aliphatic heterocycles. The van der Waals surface area contributed by atoms with Crippen molar-refractivity contribution in [3.63, 3.8) is 0 Å². The van der Waals surface area contributed by atoms with E-state index in [0.29, 0.717) is 23.0 Å². The Hall–Kier alpha value is -6.28. The molecule has 0 saturated heterocycles. The molecule has 0 unspecified atom stereocenters. The molecule has 0 spiro atoms. The lowest BCUT2D eigenvalue weighted by Gasteiger charge is -2.11. The number of fused-ring (bicyclic) bond motifs is 2. The summed E-state index contributed by atoms with van der Waals surface area (Å²) < 4.78 is 0. The summed E-state index contributed by atoms with van der Waals surface area (Å²) in [4.78, 5) is 37.9. The van der Waals surface area contributed by atoms with Crippen molar-refractivity contribution in [2.45, 2.75) is 0 Å². The summed E-state index contributed by atoms with van der Waals surface area (Å²) in [6, 6.07) is 35.4. The molecule has 0 aliphatic carbocycles. The predicted molar refractivity (Wildman–Crippen MR) is 171 cm³/mol. The quantitative estimate of drug-likeness (QED) is 0.211.